The van der Waals surface area contributed by atoms with Gasteiger partial charge < -0.3 is 10.1 Å². The number of nitrogens with zero attached hydrogens (tertiary/aromatic N) is 2. The molecule has 3 aromatic rings. The van der Waals surface area contributed by atoms with Crippen LogP contribution in [-0.4, -0.2) is 28.6 Å². The standard InChI is InChI=1S/C20H21N3O3/c1-14(2)23-18-15(7-6-10-21-18)13-17(20(23)25)19(24)22-11-12-26-16-8-4-3-5-9-16/h3-10,13-14H,11-12H2,1-2H3,(H,22,24). The van der Waals surface area contributed by atoms with E-state index in [0.717, 1.165) is 11.1 Å². The minimum absolute atomic E-state index is 0.103. The zero-order valence-electron chi connectivity index (χ0n) is 14.8. The fourth-order valence-corrected chi connectivity index (χ4v) is 2.75. The number of hydrogen-bond acceptors (Lipinski definition) is 4. The van der Waals surface area contributed by atoms with Crippen molar-refractivity contribution in [3.05, 3.63) is 70.6 Å². The third kappa shape index (κ3) is 3.74. The quantitative estimate of drug-likeness (QED) is 0.693. The number of pyridine rings is 2. The summed E-state index contributed by atoms with van der Waals surface area (Å²) in [4.78, 5) is 29.5. The van der Waals surface area contributed by atoms with Gasteiger partial charge in [0.15, 0.2) is 0 Å². The molecule has 1 aromatic carbocycles. The number of rotatable bonds is 6. The summed E-state index contributed by atoms with van der Waals surface area (Å²) in [5, 5.41) is 3.50. The molecule has 6 nitrogen and oxygen atoms in total. The first-order chi connectivity index (χ1) is 12.6. The highest BCUT2D eigenvalue weighted by Crippen LogP contribution is 2.15. The van der Waals surface area contributed by atoms with Crippen molar-refractivity contribution in [2.24, 2.45) is 0 Å². The van der Waals surface area contributed by atoms with E-state index in [4.69, 9.17) is 4.74 Å². The summed E-state index contributed by atoms with van der Waals surface area (Å²) in [7, 11) is 0. The maximum Gasteiger partial charge on any atom is 0.265 e. The normalized spacial score (nSPS) is 10.9. The average Bonchev–Trinajstić information content (AvgIpc) is 2.65. The Kier molecular flexibility index (Phi) is 5.31. The largest absolute Gasteiger partial charge is 0.492 e. The van der Waals surface area contributed by atoms with Gasteiger partial charge in [0.25, 0.3) is 11.5 Å². The summed E-state index contributed by atoms with van der Waals surface area (Å²) < 4.78 is 7.09. The van der Waals surface area contributed by atoms with Crippen LogP contribution < -0.4 is 15.6 Å². The van der Waals surface area contributed by atoms with E-state index in [1.54, 1.807) is 22.9 Å². The fourth-order valence-electron chi connectivity index (χ4n) is 2.75. The number of hydrogen-bond donors (Lipinski definition) is 1. The Morgan fingerprint density at radius 3 is 2.69 bits per heavy atom. The predicted molar refractivity (Wildman–Crippen MR) is 101 cm³/mol. The Morgan fingerprint density at radius 1 is 1.19 bits per heavy atom. The molecular weight excluding hydrogens is 330 g/mol. The molecule has 0 unspecified atom stereocenters. The van der Waals surface area contributed by atoms with Gasteiger partial charge >= 0.3 is 0 Å². The first-order valence-corrected chi connectivity index (χ1v) is 8.54. The van der Waals surface area contributed by atoms with E-state index in [2.05, 4.69) is 10.3 Å². The first kappa shape index (κ1) is 17.7. The van der Waals surface area contributed by atoms with Crippen LogP contribution in [0.2, 0.25) is 0 Å². The van der Waals surface area contributed by atoms with Crippen LogP contribution >= 0.6 is 0 Å². The number of benzene rings is 1. The van der Waals surface area contributed by atoms with Gasteiger partial charge in [0.05, 0.1) is 6.54 Å². The van der Waals surface area contributed by atoms with Gasteiger partial charge in [-0.3, -0.25) is 14.2 Å². The molecule has 2 aromatic heterocycles. The Morgan fingerprint density at radius 2 is 1.96 bits per heavy atom. The van der Waals surface area contributed by atoms with E-state index >= 15 is 0 Å². The molecule has 0 aliphatic rings. The maximum absolute atomic E-state index is 12.8. The van der Waals surface area contributed by atoms with E-state index in [-0.39, 0.29) is 17.2 Å². The van der Waals surface area contributed by atoms with Gasteiger partial charge in [0.2, 0.25) is 0 Å². The lowest BCUT2D eigenvalue weighted by molar-refractivity contribution is 0.0945. The minimum atomic E-state index is -0.410. The zero-order valence-corrected chi connectivity index (χ0v) is 14.8. The highest BCUT2D eigenvalue weighted by molar-refractivity contribution is 5.96. The SMILES string of the molecule is CC(C)n1c(=O)c(C(=O)NCCOc2ccccc2)cc2cccnc21. The highest BCUT2D eigenvalue weighted by Gasteiger charge is 2.17. The molecule has 0 fully saturated rings. The molecule has 0 saturated heterocycles. The van der Waals surface area contributed by atoms with E-state index in [9.17, 15) is 9.59 Å². The van der Waals surface area contributed by atoms with Crippen LogP contribution in [0.1, 0.15) is 30.2 Å². The van der Waals surface area contributed by atoms with Crippen molar-refractivity contribution in [2.45, 2.75) is 19.9 Å². The van der Waals surface area contributed by atoms with E-state index in [1.807, 2.05) is 50.2 Å². The number of ether oxygens (including phenoxy) is 1. The molecule has 1 amide bonds. The molecule has 0 aliphatic carbocycles. The first-order valence-electron chi connectivity index (χ1n) is 8.54. The van der Waals surface area contributed by atoms with Crippen molar-refractivity contribution in [1.82, 2.24) is 14.9 Å². The Hall–Kier alpha value is -3.15. The molecule has 1 N–H and O–H groups in total. The van der Waals surface area contributed by atoms with Crippen LogP contribution in [0.25, 0.3) is 11.0 Å². The van der Waals surface area contributed by atoms with Crippen LogP contribution in [0.5, 0.6) is 5.75 Å². The highest BCUT2D eigenvalue weighted by atomic mass is 16.5. The smallest absolute Gasteiger partial charge is 0.265 e. The number of amides is 1. The molecule has 0 aliphatic heterocycles. The molecule has 26 heavy (non-hydrogen) atoms. The third-order valence-electron chi connectivity index (χ3n) is 3.95. The summed E-state index contributed by atoms with van der Waals surface area (Å²) >= 11 is 0. The number of fused-ring (bicyclic) bond motifs is 1. The molecule has 134 valence electrons. The fraction of sp³-hybridized carbons (Fsp3) is 0.250. The van der Waals surface area contributed by atoms with Gasteiger partial charge in [0.1, 0.15) is 23.6 Å². The van der Waals surface area contributed by atoms with Crippen molar-refractivity contribution in [3.8, 4) is 5.75 Å². The summed E-state index contributed by atoms with van der Waals surface area (Å²) in [5.41, 5.74) is 0.350. The van der Waals surface area contributed by atoms with Crippen LogP contribution in [0.15, 0.2) is 59.5 Å². The lowest BCUT2D eigenvalue weighted by Gasteiger charge is -2.15. The van der Waals surface area contributed by atoms with Crippen molar-refractivity contribution in [1.29, 1.82) is 0 Å². The molecule has 6 heteroatoms. The number of para-hydroxylation sites is 1. The number of carbonyl (C=O) groups is 1. The summed E-state index contributed by atoms with van der Waals surface area (Å²) in [6.07, 6.45) is 1.64. The van der Waals surface area contributed by atoms with Gasteiger partial charge in [-0.1, -0.05) is 18.2 Å². The molecule has 0 spiro atoms. The Bertz CT molecular complexity index is 965. The molecule has 0 saturated carbocycles. The monoisotopic (exact) mass is 351 g/mol. The zero-order chi connectivity index (χ0) is 18.5. The van der Waals surface area contributed by atoms with E-state index in [0.29, 0.717) is 18.8 Å². The lowest BCUT2D eigenvalue weighted by Crippen LogP contribution is -2.35. The molecular formula is C20H21N3O3. The molecule has 0 bridgehead atoms. The molecule has 0 radical (unpaired) electrons. The van der Waals surface area contributed by atoms with Gasteiger partial charge in [-0.2, -0.15) is 0 Å². The van der Waals surface area contributed by atoms with Gasteiger partial charge in [0, 0.05) is 17.6 Å². The molecule has 0 atom stereocenters. The minimum Gasteiger partial charge on any atom is -0.492 e. The van der Waals surface area contributed by atoms with E-state index in [1.165, 1.54) is 0 Å². The summed E-state index contributed by atoms with van der Waals surface area (Å²) in [5.74, 6) is 0.326. The van der Waals surface area contributed by atoms with Crippen LogP contribution in [-0.2, 0) is 0 Å². The van der Waals surface area contributed by atoms with Gasteiger partial charge in [-0.25, -0.2) is 4.98 Å². The van der Waals surface area contributed by atoms with Crippen molar-refractivity contribution < 1.29 is 9.53 Å². The Labute approximate surface area is 151 Å². The van der Waals surface area contributed by atoms with E-state index < -0.39 is 5.91 Å². The van der Waals surface area contributed by atoms with Crippen molar-refractivity contribution in [3.63, 3.8) is 0 Å². The second kappa shape index (κ2) is 7.82. The number of carbonyl (C=O) groups excluding carboxylic acids is 1. The maximum atomic E-state index is 12.8. The molecule has 2 heterocycles. The van der Waals surface area contributed by atoms with Crippen LogP contribution in [0.4, 0.5) is 0 Å². The second-order valence-electron chi connectivity index (χ2n) is 6.16. The Balaban J connectivity index is 1.76. The number of nitrogens with one attached hydrogen (secondary N) is 1. The van der Waals surface area contributed by atoms with Gasteiger partial charge in [-0.05, 0) is 44.2 Å². The summed E-state index contributed by atoms with van der Waals surface area (Å²) in [6.45, 7) is 4.42. The molecule has 3 rings (SSSR count). The summed E-state index contributed by atoms with van der Waals surface area (Å²) in [6, 6.07) is 14.5. The second-order valence-corrected chi connectivity index (χ2v) is 6.16. The van der Waals surface area contributed by atoms with Crippen LogP contribution in [0, 0.1) is 0 Å². The predicted octanol–water partition coefficient (Wildman–Crippen LogP) is 2.79. The van der Waals surface area contributed by atoms with Crippen molar-refractivity contribution >= 4 is 16.9 Å². The van der Waals surface area contributed by atoms with Gasteiger partial charge in [-0.15, -0.1) is 0 Å². The van der Waals surface area contributed by atoms with Crippen LogP contribution in [0.3, 0.4) is 0 Å². The topological polar surface area (TPSA) is 73.2 Å². The number of aromatic nitrogens is 2. The average molecular weight is 351 g/mol. The lowest BCUT2D eigenvalue weighted by atomic mass is 10.1. The van der Waals surface area contributed by atoms with Crippen molar-refractivity contribution in [2.75, 3.05) is 13.2 Å². The third-order valence-corrected chi connectivity index (χ3v) is 3.95.